The number of imide groups is 1. The first-order valence-electron chi connectivity index (χ1n) is 10.7. The van der Waals surface area contributed by atoms with Crippen molar-refractivity contribution in [3.63, 3.8) is 0 Å². The highest BCUT2D eigenvalue weighted by molar-refractivity contribution is 6.10. The van der Waals surface area contributed by atoms with Gasteiger partial charge in [-0.15, -0.1) is 0 Å². The molecule has 0 bridgehead atoms. The zero-order chi connectivity index (χ0) is 21.0. The van der Waals surface area contributed by atoms with Gasteiger partial charge in [0.25, 0.3) is 5.91 Å². The summed E-state index contributed by atoms with van der Waals surface area (Å²) in [5.41, 5.74) is 0.926. The van der Waals surface area contributed by atoms with Crippen LogP contribution in [0.25, 0.3) is 0 Å². The van der Waals surface area contributed by atoms with Gasteiger partial charge in [-0.3, -0.25) is 14.5 Å². The number of carbonyl (C=O) groups excluding carboxylic acids is 3. The van der Waals surface area contributed by atoms with E-state index in [0.717, 1.165) is 42.8 Å². The van der Waals surface area contributed by atoms with Crippen molar-refractivity contribution in [3.8, 4) is 0 Å². The van der Waals surface area contributed by atoms with E-state index in [1.165, 1.54) is 0 Å². The summed E-state index contributed by atoms with van der Waals surface area (Å²) >= 11 is 0. The fraction of sp³-hybridized carbons (Fsp3) is 0.591. The van der Waals surface area contributed by atoms with Crippen LogP contribution in [0.4, 0.5) is 16.2 Å². The molecular formula is C22H32N4O3. The van der Waals surface area contributed by atoms with Gasteiger partial charge in [0.2, 0.25) is 5.91 Å². The van der Waals surface area contributed by atoms with Gasteiger partial charge in [-0.1, -0.05) is 25.7 Å². The number of carbonyl (C=O) groups is 3. The molecule has 2 fully saturated rings. The molecule has 2 N–H and O–H groups in total. The molecule has 1 heterocycles. The predicted molar refractivity (Wildman–Crippen MR) is 114 cm³/mol. The Morgan fingerprint density at radius 3 is 2.31 bits per heavy atom. The SMILES string of the molecule is CCN(c1ccc(NC(=O)CN2C(=O)NC3(CCCCCC3)C2=O)cc1)C(C)C. The molecule has 1 aromatic rings. The standard InChI is InChI=1S/C22H32N4O3/c1-4-25(16(2)3)18-11-9-17(10-12-18)23-19(27)15-26-20(28)22(24-21(26)29)13-7-5-6-8-14-22/h9-12,16H,4-8,13-15H2,1-3H3,(H,23,27)(H,24,29). The molecular weight excluding hydrogens is 368 g/mol. The van der Waals surface area contributed by atoms with Crippen LogP contribution in [0.5, 0.6) is 0 Å². The summed E-state index contributed by atoms with van der Waals surface area (Å²) in [7, 11) is 0. The molecule has 0 radical (unpaired) electrons. The van der Waals surface area contributed by atoms with Crippen LogP contribution >= 0.6 is 0 Å². The Labute approximate surface area is 172 Å². The molecule has 1 aliphatic heterocycles. The molecule has 1 spiro atoms. The smallest absolute Gasteiger partial charge is 0.325 e. The van der Waals surface area contributed by atoms with Gasteiger partial charge < -0.3 is 15.5 Å². The number of anilines is 2. The second-order valence-electron chi connectivity index (χ2n) is 8.29. The third kappa shape index (κ3) is 4.54. The van der Waals surface area contributed by atoms with Crippen molar-refractivity contribution < 1.29 is 14.4 Å². The number of benzene rings is 1. The van der Waals surface area contributed by atoms with Gasteiger partial charge in [-0.05, 0) is 57.9 Å². The van der Waals surface area contributed by atoms with E-state index in [2.05, 4.69) is 36.3 Å². The highest BCUT2D eigenvalue weighted by atomic mass is 16.2. The van der Waals surface area contributed by atoms with Crippen molar-refractivity contribution in [1.29, 1.82) is 0 Å². The molecule has 0 aromatic heterocycles. The van der Waals surface area contributed by atoms with Crippen LogP contribution in [0.3, 0.4) is 0 Å². The second-order valence-corrected chi connectivity index (χ2v) is 8.29. The molecule has 1 saturated carbocycles. The van der Waals surface area contributed by atoms with Crippen LogP contribution in [0, 0.1) is 0 Å². The highest BCUT2D eigenvalue weighted by Gasteiger charge is 2.51. The average molecular weight is 401 g/mol. The van der Waals surface area contributed by atoms with E-state index >= 15 is 0 Å². The monoisotopic (exact) mass is 400 g/mol. The van der Waals surface area contributed by atoms with Crippen molar-refractivity contribution in [2.24, 2.45) is 0 Å². The normalized spacial score (nSPS) is 18.7. The molecule has 158 valence electrons. The Hall–Kier alpha value is -2.57. The highest BCUT2D eigenvalue weighted by Crippen LogP contribution is 2.32. The first-order valence-corrected chi connectivity index (χ1v) is 10.7. The summed E-state index contributed by atoms with van der Waals surface area (Å²) in [5.74, 6) is -0.631. The molecule has 0 unspecified atom stereocenters. The lowest BCUT2D eigenvalue weighted by Gasteiger charge is -2.27. The molecule has 1 saturated heterocycles. The quantitative estimate of drug-likeness (QED) is 0.716. The summed E-state index contributed by atoms with van der Waals surface area (Å²) < 4.78 is 0. The van der Waals surface area contributed by atoms with Crippen LogP contribution in [0.2, 0.25) is 0 Å². The van der Waals surface area contributed by atoms with Crippen molar-refractivity contribution in [3.05, 3.63) is 24.3 Å². The number of amides is 4. The first kappa shape index (κ1) is 21.1. The minimum absolute atomic E-state index is 0.259. The van der Waals surface area contributed by atoms with E-state index in [0.29, 0.717) is 24.6 Å². The van der Waals surface area contributed by atoms with Crippen molar-refractivity contribution >= 4 is 29.2 Å². The van der Waals surface area contributed by atoms with E-state index in [4.69, 9.17) is 0 Å². The van der Waals surface area contributed by atoms with Crippen molar-refractivity contribution in [2.75, 3.05) is 23.3 Å². The average Bonchev–Trinajstić information content (AvgIpc) is 2.84. The Kier molecular flexibility index (Phi) is 6.45. The number of rotatable bonds is 6. The van der Waals surface area contributed by atoms with Crippen LogP contribution in [-0.4, -0.2) is 47.4 Å². The van der Waals surface area contributed by atoms with E-state index in [1.807, 2.05) is 24.3 Å². The molecule has 2 aliphatic rings. The Bertz CT molecular complexity index is 752. The topological polar surface area (TPSA) is 81.8 Å². The summed E-state index contributed by atoms with van der Waals surface area (Å²) in [6, 6.07) is 7.54. The van der Waals surface area contributed by atoms with Crippen molar-refractivity contribution in [1.82, 2.24) is 10.2 Å². The van der Waals surface area contributed by atoms with E-state index in [1.54, 1.807) is 0 Å². The first-order chi connectivity index (χ1) is 13.9. The molecule has 7 nitrogen and oxygen atoms in total. The number of urea groups is 1. The largest absolute Gasteiger partial charge is 0.369 e. The molecule has 3 rings (SSSR count). The van der Waals surface area contributed by atoms with Gasteiger partial charge in [0.1, 0.15) is 12.1 Å². The zero-order valence-electron chi connectivity index (χ0n) is 17.7. The maximum atomic E-state index is 12.9. The fourth-order valence-corrected chi connectivity index (χ4v) is 4.42. The molecule has 29 heavy (non-hydrogen) atoms. The third-order valence-electron chi connectivity index (χ3n) is 5.95. The molecule has 1 aromatic carbocycles. The third-order valence-corrected chi connectivity index (χ3v) is 5.95. The lowest BCUT2D eigenvalue weighted by molar-refractivity contribution is -0.134. The summed E-state index contributed by atoms with van der Waals surface area (Å²) in [5, 5.41) is 5.66. The van der Waals surface area contributed by atoms with Crippen LogP contribution in [0.1, 0.15) is 59.3 Å². The van der Waals surface area contributed by atoms with Gasteiger partial charge in [0, 0.05) is 24.0 Å². The minimum atomic E-state index is -0.810. The van der Waals surface area contributed by atoms with Gasteiger partial charge in [-0.2, -0.15) is 0 Å². The van der Waals surface area contributed by atoms with Gasteiger partial charge in [0.15, 0.2) is 0 Å². The van der Waals surface area contributed by atoms with E-state index in [-0.39, 0.29) is 18.4 Å². The van der Waals surface area contributed by atoms with Crippen LogP contribution < -0.4 is 15.5 Å². The van der Waals surface area contributed by atoms with Gasteiger partial charge in [0.05, 0.1) is 0 Å². The summed E-state index contributed by atoms with van der Waals surface area (Å²) in [4.78, 5) is 41.1. The van der Waals surface area contributed by atoms with E-state index < -0.39 is 11.6 Å². The number of nitrogens with one attached hydrogen (secondary N) is 2. The molecule has 7 heteroatoms. The minimum Gasteiger partial charge on any atom is -0.369 e. The number of hydrogen-bond acceptors (Lipinski definition) is 4. The predicted octanol–water partition coefficient (Wildman–Crippen LogP) is 3.50. The zero-order valence-corrected chi connectivity index (χ0v) is 17.7. The summed E-state index contributed by atoms with van der Waals surface area (Å²) in [6.07, 6.45) is 5.30. The Balaban J connectivity index is 1.62. The van der Waals surface area contributed by atoms with Crippen LogP contribution in [0.15, 0.2) is 24.3 Å². The van der Waals surface area contributed by atoms with E-state index in [9.17, 15) is 14.4 Å². The number of nitrogens with zero attached hydrogens (tertiary/aromatic N) is 2. The Morgan fingerprint density at radius 1 is 1.14 bits per heavy atom. The van der Waals surface area contributed by atoms with Crippen LogP contribution in [-0.2, 0) is 9.59 Å². The molecule has 0 atom stereocenters. The van der Waals surface area contributed by atoms with Crippen molar-refractivity contribution in [2.45, 2.75) is 70.9 Å². The maximum absolute atomic E-state index is 12.9. The lowest BCUT2D eigenvalue weighted by Crippen LogP contribution is -2.47. The fourth-order valence-electron chi connectivity index (χ4n) is 4.42. The Morgan fingerprint density at radius 2 is 1.76 bits per heavy atom. The summed E-state index contributed by atoms with van der Waals surface area (Å²) in [6.45, 7) is 7.02. The second kappa shape index (κ2) is 8.84. The lowest BCUT2D eigenvalue weighted by atomic mass is 9.90. The molecule has 4 amide bonds. The van der Waals surface area contributed by atoms with Gasteiger partial charge in [-0.25, -0.2) is 4.79 Å². The number of hydrogen-bond donors (Lipinski definition) is 2. The molecule has 1 aliphatic carbocycles. The van der Waals surface area contributed by atoms with Gasteiger partial charge >= 0.3 is 6.03 Å². The maximum Gasteiger partial charge on any atom is 0.325 e.